The summed E-state index contributed by atoms with van der Waals surface area (Å²) in [5, 5.41) is 0. The van der Waals surface area contributed by atoms with Crippen LogP contribution in [0.2, 0.25) is 0 Å². The van der Waals surface area contributed by atoms with Crippen LogP contribution in [-0.4, -0.2) is 47.7 Å². The molecule has 32 heavy (non-hydrogen) atoms. The van der Waals surface area contributed by atoms with Crippen molar-refractivity contribution in [2.45, 2.75) is 45.1 Å². The van der Waals surface area contributed by atoms with Gasteiger partial charge >= 0.3 is 0 Å². The predicted octanol–water partition coefficient (Wildman–Crippen LogP) is 3.83. The lowest BCUT2D eigenvalue weighted by molar-refractivity contribution is -0.139. The summed E-state index contributed by atoms with van der Waals surface area (Å²) in [5.74, 6) is 1.33. The van der Waals surface area contributed by atoms with Crippen molar-refractivity contribution in [3.8, 4) is 5.75 Å². The monoisotopic (exact) mass is 434 g/mol. The Labute approximate surface area is 189 Å². The number of ether oxygens (including phenoxy) is 1. The van der Waals surface area contributed by atoms with E-state index in [2.05, 4.69) is 12.1 Å². The maximum atomic E-state index is 12.9. The standard InChI is InChI=1S/C26H30N2O4/c1-32-23-10-6-19(7-11-23)2-3-20-14-16-27(17-15-20)26(31)22-8-4-21(5-9-22)18-28-24(29)12-13-25(28)30/h4-11,20H,2-3,12-18H2,1H3. The number of likely N-dealkylation sites (tertiary alicyclic amines) is 2. The van der Waals surface area contributed by atoms with Crippen LogP contribution in [0.4, 0.5) is 0 Å². The molecule has 2 saturated heterocycles. The molecule has 0 aliphatic carbocycles. The lowest BCUT2D eigenvalue weighted by atomic mass is 9.90. The number of hydrogen-bond donors (Lipinski definition) is 0. The van der Waals surface area contributed by atoms with Crippen LogP contribution in [0.15, 0.2) is 48.5 Å². The van der Waals surface area contributed by atoms with Gasteiger partial charge in [-0.05, 0) is 67.0 Å². The molecule has 0 unspecified atom stereocenters. The number of carbonyl (C=O) groups is 3. The molecular formula is C26H30N2O4. The number of methoxy groups -OCH3 is 1. The number of amides is 3. The number of benzene rings is 2. The molecule has 2 fully saturated rings. The summed E-state index contributed by atoms with van der Waals surface area (Å²) >= 11 is 0. The Kier molecular flexibility index (Phi) is 6.88. The fourth-order valence-corrected chi connectivity index (χ4v) is 4.50. The molecule has 0 saturated carbocycles. The Balaban J connectivity index is 1.24. The Morgan fingerprint density at radius 2 is 1.50 bits per heavy atom. The molecule has 0 spiro atoms. The highest BCUT2D eigenvalue weighted by molar-refractivity contribution is 6.01. The fraction of sp³-hybridized carbons (Fsp3) is 0.423. The number of piperidine rings is 1. The molecule has 2 aliphatic rings. The van der Waals surface area contributed by atoms with Crippen molar-refractivity contribution >= 4 is 17.7 Å². The highest BCUT2D eigenvalue weighted by Gasteiger charge is 2.29. The Morgan fingerprint density at radius 3 is 2.09 bits per heavy atom. The molecule has 2 aromatic carbocycles. The Bertz CT molecular complexity index is 944. The van der Waals surface area contributed by atoms with E-state index in [-0.39, 0.29) is 24.3 Å². The highest BCUT2D eigenvalue weighted by Crippen LogP contribution is 2.24. The lowest BCUT2D eigenvalue weighted by Gasteiger charge is -2.32. The van der Waals surface area contributed by atoms with Gasteiger partial charge in [0, 0.05) is 31.5 Å². The average molecular weight is 435 g/mol. The van der Waals surface area contributed by atoms with Crippen molar-refractivity contribution < 1.29 is 19.1 Å². The van der Waals surface area contributed by atoms with E-state index in [0.29, 0.717) is 24.3 Å². The normalized spacial score (nSPS) is 17.2. The smallest absolute Gasteiger partial charge is 0.253 e. The van der Waals surface area contributed by atoms with E-state index in [1.807, 2.05) is 29.2 Å². The quantitative estimate of drug-likeness (QED) is 0.621. The summed E-state index contributed by atoms with van der Waals surface area (Å²) < 4.78 is 5.21. The molecule has 6 nitrogen and oxygen atoms in total. The summed E-state index contributed by atoms with van der Waals surface area (Å²) in [7, 11) is 1.68. The van der Waals surface area contributed by atoms with E-state index in [4.69, 9.17) is 4.74 Å². The molecule has 168 valence electrons. The second kappa shape index (κ2) is 9.98. The van der Waals surface area contributed by atoms with Gasteiger partial charge in [-0.15, -0.1) is 0 Å². The van der Waals surface area contributed by atoms with Crippen LogP contribution < -0.4 is 4.74 Å². The van der Waals surface area contributed by atoms with Crippen LogP contribution in [0.5, 0.6) is 5.75 Å². The summed E-state index contributed by atoms with van der Waals surface area (Å²) in [6.45, 7) is 1.85. The van der Waals surface area contributed by atoms with E-state index in [1.165, 1.54) is 10.5 Å². The van der Waals surface area contributed by atoms with E-state index in [0.717, 1.165) is 50.1 Å². The number of aryl methyl sites for hydroxylation is 1. The van der Waals surface area contributed by atoms with E-state index < -0.39 is 0 Å². The lowest BCUT2D eigenvalue weighted by Crippen LogP contribution is -2.38. The van der Waals surface area contributed by atoms with Gasteiger partial charge in [0.25, 0.3) is 5.91 Å². The van der Waals surface area contributed by atoms with E-state index in [9.17, 15) is 14.4 Å². The highest BCUT2D eigenvalue weighted by atomic mass is 16.5. The molecule has 4 rings (SSSR count). The van der Waals surface area contributed by atoms with Gasteiger partial charge in [0.05, 0.1) is 13.7 Å². The van der Waals surface area contributed by atoms with Gasteiger partial charge in [0.15, 0.2) is 0 Å². The first kappa shape index (κ1) is 22.1. The van der Waals surface area contributed by atoms with Crippen molar-refractivity contribution in [3.05, 3.63) is 65.2 Å². The van der Waals surface area contributed by atoms with Crippen molar-refractivity contribution in [1.29, 1.82) is 0 Å². The van der Waals surface area contributed by atoms with Gasteiger partial charge < -0.3 is 9.64 Å². The number of imide groups is 1. The minimum Gasteiger partial charge on any atom is -0.497 e. The SMILES string of the molecule is COc1ccc(CCC2CCN(C(=O)c3ccc(CN4C(=O)CCC4=O)cc3)CC2)cc1. The molecule has 2 heterocycles. The number of carbonyl (C=O) groups excluding carboxylic acids is 3. The van der Waals surface area contributed by atoms with Gasteiger partial charge in [0.2, 0.25) is 11.8 Å². The minimum absolute atomic E-state index is 0.0541. The molecule has 0 radical (unpaired) electrons. The number of hydrogen-bond acceptors (Lipinski definition) is 4. The predicted molar refractivity (Wildman–Crippen MR) is 121 cm³/mol. The third-order valence-corrected chi connectivity index (χ3v) is 6.60. The third-order valence-electron chi connectivity index (χ3n) is 6.60. The molecule has 0 N–H and O–H groups in total. The maximum Gasteiger partial charge on any atom is 0.253 e. The van der Waals surface area contributed by atoms with E-state index >= 15 is 0 Å². The Morgan fingerprint density at radius 1 is 0.906 bits per heavy atom. The fourth-order valence-electron chi connectivity index (χ4n) is 4.50. The summed E-state index contributed by atoms with van der Waals surface area (Å²) in [5.41, 5.74) is 2.84. The van der Waals surface area contributed by atoms with Crippen LogP contribution in [0.1, 0.15) is 53.6 Å². The second-order valence-corrected chi connectivity index (χ2v) is 8.69. The molecule has 0 bridgehead atoms. The molecule has 3 amide bonds. The van der Waals surface area contributed by atoms with Crippen LogP contribution in [0, 0.1) is 5.92 Å². The first-order valence-electron chi connectivity index (χ1n) is 11.4. The van der Waals surface area contributed by atoms with Crippen molar-refractivity contribution in [3.63, 3.8) is 0 Å². The van der Waals surface area contributed by atoms with Gasteiger partial charge in [-0.1, -0.05) is 24.3 Å². The van der Waals surface area contributed by atoms with Crippen molar-refractivity contribution in [2.24, 2.45) is 5.92 Å². The van der Waals surface area contributed by atoms with Crippen LogP contribution >= 0.6 is 0 Å². The van der Waals surface area contributed by atoms with Crippen molar-refractivity contribution in [2.75, 3.05) is 20.2 Å². The molecule has 0 aromatic heterocycles. The molecule has 0 atom stereocenters. The third kappa shape index (κ3) is 5.18. The molecule has 6 heteroatoms. The first-order valence-corrected chi connectivity index (χ1v) is 11.4. The topological polar surface area (TPSA) is 66.9 Å². The molecule has 2 aliphatic heterocycles. The average Bonchev–Trinajstić information content (AvgIpc) is 3.15. The van der Waals surface area contributed by atoms with Crippen LogP contribution in [0.25, 0.3) is 0 Å². The summed E-state index contributed by atoms with van der Waals surface area (Å²) in [6.07, 6.45) is 4.83. The molecule has 2 aromatic rings. The zero-order valence-corrected chi connectivity index (χ0v) is 18.6. The summed E-state index contributed by atoms with van der Waals surface area (Å²) in [4.78, 5) is 39.7. The Hall–Kier alpha value is -3.15. The number of nitrogens with zero attached hydrogens (tertiary/aromatic N) is 2. The largest absolute Gasteiger partial charge is 0.497 e. The minimum atomic E-state index is -0.120. The van der Waals surface area contributed by atoms with Gasteiger partial charge in [-0.3, -0.25) is 19.3 Å². The first-order chi connectivity index (χ1) is 15.5. The second-order valence-electron chi connectivity index (χ2n) is 8.69. The zero-order valence-electron chi connectivity index (χ0n) is 18.6. The van der Waals surface area contributed by atoms with E-state index in [1.54, 1.807) is 19.2 Å². The van der Waals surface area contributed by atoms with Crippen LogP contribution in [0.3, 0.4) is 0 Å². The summed E-state index contributed by atoms with van der Waals surface area (Å²) in [6, 6.07) is 15.5. The van der Waals surface area contributed by atoms with Gasteiger partial charge in [-0.2, -0.15) is 0 Å². The van der Waals surface area contributed by atoms with Crippen LogP contribution in [-0.2, 0) is 22.6 Å². The van der Waals surface area contributed by atoms with Crippen molar-refractivity contribution in [1.82, 2.24) is 9.80 Å². The van der Waals surface area contributed by atoms with Gasteiger partial charge in [-0.25, -0.2) is 0 Å². The molecular weight excluding hydrogens is 404 g/mol. The van der Waals surface area contributed by atoms with Gasteiger partial charge in [0.1, 0.15) is 5.75 Å². The maximum absolute atomic E-state index is 12.9. The number of rotatable bonds is 7. The zero-order chi connectivity index (χ0) is 22.5.